The molecule has 2 radical (unpaired) electrons. The second-order valence-electron chi connectivity index (χ2n) is 8.40. The van der Waals surface area contributed by atoms with E-state index in [2.05, 4.69) is 0 Å². The van der Waals surface area contributed by atoms with Crippen molar-refractivity contribution >= 4 is 7.85 Å². The van der Waals surface area contributed by atoms with Crippen LogP contribution >= 0.6 is 0 Å². The van der Waals surface area contributed by atoms with Crippen molar-refractivity contribution in [3.63, 3.8) is 0 Å². The molecule has 8 heteroatoms. The zero-order chi connectivity index (χ0) is 25.7. The predicted molar refractivity (Wildman–Crippen MR) is 131 cm³/mol. The first-order valence-electron chi connectivity index (χ1n) is 11.7. The van der Waals surface area contributed by atoms with Crippen LogP contribution in [0.1, 0.15) is 31.2 Å². The van der Waals surface area contributed by atoms with Gasteiger partial charge in [0.1, 0.15) is 7.85 Å². The molecule has 4 rings (SSSR count). The summed E-state index contributed by atoms with van der Waals surface area (Å²) in [6, 6.07) is 11.8. The van der Waals surface area contributed by atoms with E-state index in [1.54, 1.807) is 0 Å². The van der Waals surface area contributed by atoms with Gasteiger partial charge in [-0.25, -0.2) is 13.2 Å². The van der Waals surface area contributed by atoms with Crippen LogP contribution in [0.5, 0.6) is 5.75 Å². The number of ether oxygens (including phenoxy) is 3. The summed E-state index contributed by atoms with van der Waals surface area (Å²) in [5, 5.41) is 0. The summed E-state index contributed by atoms with van der Waals surface area (Å²) in [5.74, 6) is -4.88. The number of benzene rings is 3. The highest BCUT2D eigenvalue weighted by Crippen LogP contribution is 2.34. The number of halogens is 4. The third-order valence-electron chi connectivity index (χ3n) is 6.12. The van der Waals surface area contributed by atoms with Crippen LogP contribution in [0.4, 0.5) is 17.6 Å². The minimum atomic E-state index is -1.15. The van der Waals surface area contributed by atoms with Crippen LogP contribution in [0.2, 0.25) is 0 Å². The third kappa shape index (κ3) is 5.50. The minimum absolute atomic E-state index is 0.00624. The summed E-state index contributed by atoms with van der Waals surface area (Å²) in [7, 11) is 5.22. The molecule has 1 aliphatic heterocycles. The summed E-state index contributed by atoms with van der Waals surface area (Å²) in [5.41, 5.74) is 1.02. The van der Waals surface area contributed by atoms with Crippen LogP contribution in [0.15, 0.2) is 60.7 Å². The van der Waals surface area contributed by atoms with Gasteiger partial charge in [-0.3, -0.25) is 0 Å². The SMILES string of the molecule is [B]COc1ccc(-c2ccc(-c3ccc(C4COC(CC/C=C/C)OC4)c(F)c3F)cc2)c(F)c1F. The molecule has 1 fully saturated rings. The van der Waals surface area contributed by atoms with Crippen LogP contribution in [0.25, 0.3) is 22.3 Å². The predicted octanol–water partition coefficient (Wildman–Crippen LogP) is 6.89. The van der Waals surface area contributed by atoms with E-state index in [9.17, 15) is 8.78 Å². The van der Waals surface area contributed by atoms with E-state index in [-0.39, 0.29) is 48.4 Å². The van der Waals surface area contributed by atoms with Crippen molar-refractivity contribution in [1.29, 1.82) is 0 Å². The Morgan fingerprint density at radius 3 is 2.00 bits per heavy atom. The zero-order valence-corrected chi connectivity index (χ0v) is 19.8. The topological polar surface area (TPSA) is 27.7 Å². The molecule has 0 amide bonds. The van der Waals surface area contributed by atoms with Gasteiger partial charge in [0, 0.05) is 30.0 Å². The van der Waals surface area contributed by atoms with Gasteiger partial charge in [0.2, 0.25) is 5.82 Å². The standard InChI is InChI=1S/C28H25BF4O3/c1-2-3-4-5-24-34-14-19(15-35-24)22-11-10-20(25(30)26(22)31)17-6-8-18(9-7-17)21-12-13-23(36-16-29)28(33)27(21)32/h2-3,6-13,19,24H,4-5,14-16H2,1H3/b3-2+. The smallest absolute Gasteiger partial charge is 0.201 e. The molecule has 3 aromatic carbocycles. The van der Waals surface area contributed by atoms with Crippen LogP contribution in [0, 0.1) is 23.3 Å². The summed E-state index contributed by atoms with van der Waals surface area (Å²) >= 11 is 0. The molecule has 0 saturated carbocycles. The maximum Gasteiger partial charge on any atom is 0.201 e. The second kappa shape index (κ2) is 11.8. The summed E-state index contributed by atoms with van der Waals surface area (Å²) in [6.07, 6.45) is 5.13. The van der Waals surface area contributed by atoms with E-state index in [4.69, 9.17) is 22.1 Å². The second-order valence-corrected chi connectivity index (χ2v) is 8.40. The van der Waals surface area contributed by atoms with Gasteiger partial charge in [0.05, 0.1) is 13.2 Å². The number of allylic oxidation sites excluding steroid dienone is 2. The average Bonchev–Trinajstić information content (AvgIpc) is 2.90. The monoisotopic (exact) mass is 496 g/mol. The lowest BCUT2D eigenvalue weighted by Gasteiger charge is -2.30. The molecule has 186 valence electrons. The van der Waals surface area contributed by atoms with Crippen molar-refractivity contribution in [3.8, 4) is 28.0 Å². The van der Waals surface area contributed by atoms with E-state index >= 15 is 8.78 Å². The molecular weight excluding hydrogens is 471 g/mol. The number of hydrogen-bond donors (Lipinski definition) is 0. The van der Waals surface area contributed by atoms with Gasteiger partial charge in [0.15, 0.2) is 29.5 Å². The van der Waals surface area contributed by atoms with Gasteiger partial charge < -0.3 is 14.2 Å². The van der Waals surface area contributed by atoms with E-state index in [0.29, 0.717) is 17.5 Å². The molecule has 1 saturated heterocycles. The van der Waals surface area contributed by atoms with E-state index in [1.807, 2.05) is 19.1 Å². The first-order valence-corrected chi connectivity index (χ1v) is 11.7. The third-order valence-corrected chi connectivity index (χ3v) is 6.12. The Balaban J connectivity index is 1.50. The molecule has 1 aliphatic rings. The normalized spacial score (nSPS) is 18.0. The van der Waals surface area contributed by atoms with Crippen molar-refractivity contribution in [2.45, 2.75) is 32.0 Å². The molecule has 3 aromatic rings. The van der Waals surface area contributed by atoms with Gasteiger partial charge >= 0.3 is 0 Å². The fourth-order valence-electron chi connectivity index (χ4n) is 4.18. The van der Waals surface area contributed by atoms with Gasteiger partial charge in [-0.2, -0.15) is 4.39 Å². The van der Waals surface area contributed by atoms with Crippen LogP contribution in [-0.2, 0) is 9.47 Å². The Hall–Kier alpha value is -3.10. The first-order chi connectivity index (χ1) is 17.4. The van der Waals surface area contributed by atoms with Gasteiger partial charge in [-0.1, -0.05) is 48.6 Å². The highest BCUT2D eigenvalue weighted by Gasteiger charge is 2.27. The minimum Gasteiger partial charge on any atom is -0.500 e. The molecule has 0 spiro atoms. The highest BCUT2D eigenvalue weighted by molar-refractivity contribution is 6.08. The molecule has 0 unspecified atom stereocenters. The van der Waals surface area contributed by atoms with Crippen molar-refractivity contribution in [3.05, 3.63) is 89.5 Å². The van der Waals surface area contributed by atoms with Gasteiger partial charge in [0.25, 0.3) is 0 Å². The fraction of sp³-hybridized carbons (Fsp3) is 0.286. The van der Waals surface area contributed by atoms with E-state index < -0.39 is 29.2 Å². The largest absolute Gasteiger partial charge is 0.500 e. The molecule has 0 aromatic heterocycles. The first kappa shape index (κ1) is 26.0. The van der Waals surface area contributed by atoms with Crippen LogP contribution in [0.3, 0.4) is 0 Å². The molecule has 0 bridgehead atoms. The van der Waals surface area contributed by atoms with Crippen molar-refractivity contribution in [2.75, 3.05) is 19.7 Å². The highest BCUT2D eigenvalue weighted by atomic mass is 19.2. The molecule has 0 aliphatic carbocycles. The Morgan fingerprint density at radius 1 is 0.833 bits per heavy atom. The number of hydrogen-bond acceptors (Lipinski definition) is 3. The molecule has 0 atom stereocenters. The van der Waals surface area contributed by atoms with Crippen LogP contribution in [-0.4, -0.2) is 33.9 Å². The van der Waals surface area contributed by atoms with E-state index in [0.717, 1.165) is 6.42 Å². The lowest BCUT2D eigenvalue weighted by Crippen LogP contribution is -2.31. The molecule has 3 nitrogen and oxygen atoms in total. The van der Waals surface area contributed by atoms with Crippen molar-refractivity contribution in [1.82, 2.24) is 0 Å². The van der Waals surface area contributed by atoms with Crippen LogP contribution < -0.4 is 4.74 Å². The van der Waals surface area contributed by atoms with Gasteiger partial charge in [-0.15, -0.1) is 0 Å². The Bertz CT molecular complexity index is 1220. The maximum atomic E-state index is 15.0. The number of rotatable bonds is 8. The van der Waals surface area contributed by atoms with Crippen molar-refractivity contribution in [2.24, 2.45) is 0 Å². The van der Waals surface area contributed by atoms with E-state index in [1.165, 1.54) is 48.5 Å². The van der Waals surface area contributed by atoms with Gasteiger partial charge in [-0.05, 0) is 42.2 Å². The average molecular weight is 496 g/mol. The summed E-state index contributed by atoms with van der Waals surface area (Å²) in [6.45, 7) is 2.13. The summed E-state index contributed by atoms with van der Waals surface area (Å²) in [4.78, 5) is 0. The molecular formula is C28H25BF4O3. The zero-order valence-electron chi connectivity index (χ0n) is 19.8. The Morgan fingerprint density at radius 2 is 1.42 bits per heavy atom. The van der Waals surface area contributed by atoms with Crippen molar-refractivity contribution < 1.29 is 31.8 Å². The molecule has 0 N–H and O–H groups in total. The summed E-state index contributed by atoms with van der Waals surface area (Å²) < 4.78 is 75.0. The maximum absolute atomic E-state index is 15.0. The molecule has 36 heavy (non-hydrogen) atoms. The Kier molecular flexibility index (Phi) is 8.49. The Labute approximate surface area is 209 Å². The lowest BCUT2D eigenvalue weighted by atomic mass is 9.94. The molecule has 1 heterocycles. The lowest BCUT2D eigenvalue weighted by molar-refractivity contribution is -0.189. The fourth-order valence-corrected chi connectivity index (χ4v) is 4.18. The quantitative estimate of drug-likeness (QED) is 0.193.